The Morgan fingerprint density at radius 1 is 0.971 bits per heavy atom. The Hall–Kier alpha value is -3.20. The van der Waals surface area contributed by atoms with Crippen LogP contribution in [0.15, 0.2) is 71.9 Å². The minimum absolute atomic E-state index is 0.111. The van der Waals surface area contributed by atoms with E-state index < -0.39 is 0 Å². The van der Waals surface area contributed by atoms with Crippen molar-refractivity contribution >= 4 is 40.9 Å². The molecule has 0 bridgehead atoms. The maximum Gasteiger partial charge on any atom is 0.251 e. The SMILES string of the molecule is COc1cc(OC)cc(C(=O)NCc2nnc(SCc3ccccc3)n2-c2cc(Cl)ccc2Cl)c1. The van der Waals surface area contributed by atoms with Crippen LogP contribution in [0.1, 0.15) is 21.7 Å². The van der Waals surface area contributed by atoms with Gasteiger partial charge in [-0.3, -0.25) is 9.36 Å². The molecule has 0 aliphatic heterocycles. The fourth-order valence-corrected chi connectivity index (χ4v) is 4.62. The second-order valence-corrected chi connectivity index (χ2v) is 9.17. The quantitative estimate of drug-likeness (QED) is 0.276. The van der Waals surface area contributed by atoms with Gasteiger partial charge in [0.15, 0.2) is 11.0 Å². The number of carbonyl (C=O) groups is 1. The molecule has 3 aromatic carbocycles. The van der Waals surface area contributed by atoms with Crippen LogP contribution in [0.4, 0.5) is 0 Å². The molecule has 0 fully saturated rings. The lowest BCUT2D eigenvalue weighted by Crippen LogP contribution is -2.24. The second kappa shape index (κ2) is 11.5. The summed E-state index contributed by atoms with van der Waals surface area (Å²) in [5.74, 6) is 1.92. The maximum atomic E-state index is 12.9. The smallest absolute Gasteiger partial charge is 0.251 e. The molecule has 35 heavy (non-hydrogen) atoms. The van der Waals surface area contributed by atoms with Crippen LogP contribution in [0.3, 0.4) is 0 Å². The number of aromatic nitrogens is 3. The number of thioether (sulfide) groups is 1. The van der Waals surface area contributed by atoms with Crippen LogP contribution >= 0.6 is 35.0 Å². The van der Waals surface area contributed by atoms with Gasteiger partial charge in [0.2, 0.25) is 0 Å². The summed E-state index contributed by atoms with van der Waals surface area (Å²) in [6.07, 6.45) is 0. The number of carbonyl (C=O) groups excluding carboxylic acids is 1. The van der Waals surface area contributed by atoms with Crippen molar-refractivity contribution < 1.29 is 14.3 Å². The van der Waals surface area contributed by atoms with Crippen molar-refractivity contribution in [3.05, 3.63) is 93.7 Å². The molecule has 1 amide bonds. The summed E-state index contributed by atoms with van der Waals surface area (Å²) in [6.45, 7) is 0.111. The molecular formula is C25H22Cl2N4O3S. The van der Waals surface area contributed by atoms with Crippen molar-refractivity contribution in [2.24, 2.45) is 0 Å². The topological polar surface area (TPSA) is 78.3 Å². The predicted octanol–water partition coefficient (Wildman–Crippen LogP) is 5.81. The number of amides is 1. The number of benzene rings is 3. The standard InChI is InChI=1S/C25H22Cl2N4O3S/c1-33-19-10-17(11-20(13-19)34-2)24(32)28-14-23-29-30-25(35-15-16-6-4-3-5-7-16)31(23)22-12-18(26)8-9-21(22)27/h3-13H,14-15H2,1-2H3,(H,28,32). The van der Waals surface area contributed by atoms with E-state index in [0.29, 0.717) is 49.5 Å². The van der Waals surface area contributed by atoms with Gasteiger partial charge in [0, 0.05) is 22.4 Å². The molecule has 10 heteroatoms. The molecule has 1 aromatic heterocycles. The lowest BCUT2D eigenvalue weighted by Gasteiger charge is -2.13. The lowest BCUT2D eigenvalue weighted by molar-refractivity contribution is 0.0949. The molecule has 0 radical (unpaired) electrons. The van der Waals surface area contributed by atoms with Gasteiger partial charge >= 0.3 is 0 Å². The monoisotopic (exact) mass is 528 g/mol. The van der Waals surface area contributed by atoms with E-state index >= 15 is 0 Å². The van der Waals surface area contributed by atoms with Crippen molar-refractivity contribution in [1.82, 2.24) is 20.1 Å². The third kappa shape index (κ3) is 6.08. The molecule has 0 aliphatic rings. The number of rotatable bonds is 9. The zero-order chi connectivity index (χ0) is 24.8. The summed E-state index contributed by atoms with van der Waals surface area (Å²) in [7, 11) is 3.06. The van der Waals surface area contributed by atoms with Crippen molar-refractivity contribution in [3.8, 4) is 17.2 Å². The van der Waals surface area contributed by atoms with E-state index in [1.54, 1.807) is 36.4 Å². The highest BCUT2D eigenvalue weighted by atomic mass is 35.5. The Kier molecular flexibility index (Phi) is 8.17. The molecule has 180 valence electrons. The number of methoxy groups -OCH3 is 2. The number of hydrogen-bond acceptors (Lipinski definition) is 6. The molecular weight excluding hydrogens is 507 g/mol. The summed E-state index contributed by atoms with van der Waals surface area (Å²) in [4.78, 5) is 12.9. The lowest BCUT2D eigenvalue weighted by atomic mass is 10.2. The molecule has 7 nitrogen and oxygen atoms in total. The summed E-state index contributed by atoms with van der Waals surface area (Å²) in [5.41, 5.74) is 2.17. The van der Waals surface area contributed by atoms with Crippen LogP contribution in [0.25, 0.3) is 5.69 Å². The van der Waals surface area contributed by atoms with Gasteiger partial charge in [0.25, 0.3) is 5.91 Å². The van der Waals surface area contributed by atoms with Gasteiger partial charge in [0.05, 0.1) is 31.5 Å². The van der Waals surface area contributed by atoms with E-state index in [4.69, 9.17) is 32.7 Å². The van der Waals surface area contributed by atoms with Gasteiger partial charge in [-0.25, -0.2) is 0 Å². The largest absolute Gasteiger partial charge is 0.497 e. The molecule has 0 saturated carbocycles. The predicted molar refractivity (Wildman–Crippen MR) is 138 cm³/mol. The molecule has 4 aromatic rings. The van der Waals surface area contributed by atoms with Gasteiger partial charge in [-0.05, 0) is 35.9 Å². The maximum absolute atomic E-state index is 12.9. The number of halogens is 2. The summed E-state index contributed by atoms with van der Waals surface area (Å²) < 4.78 is 12.3. The number of hydrogen-bond donors (Lipinski definition) is 1. The van der Waals surface area contributed by atoms with Gasteiger partial charge in [-0.15, -0.1) is 10.2 Å². The fraction of sp³-hybridized carbons (Fsp3) is 0.160. The molecule has 4 rings (SSSR count). The second-order valence-electron chi connectivity index (χ2n) is 7.39. The molecule has 0 spiro atoms. The summed E-state index contributed by atoms with van der Waals surface area (Å²) in [6, 6.07) is 20.2. The first-order valence-electron chi connectivity index (χ1n) is 10.6. The molecule has 0 aliphatic carbocycles. The van der Waals surface area contributed by atoms with Crippen LogP contribution < -0.4 is 14.8 Å². The first-order chi connectivity index (χ1) is 17.0. The highest BCUT2D eigenvalue weighted by Crippen LogP contribution is 2.31. The van der Waals surface area contributed by atoms with E-state index in [9.17, 15) is 4.79 Å². The summed E-state index contributed by atoms with van der Waals surface area (Å²) >= 11 is 14.3. The Bertz CT molecular complexity index is 1310. The summed E-state index contributed by atoms with van der Waals surface area (Å²) in [5, 5.41) is 13.2. The molecule has 1 heterocycles. The molecule has 0 atom stereocenters. The van der Waals surface area contributed by atoms with Crippen molar-refractivity contribution in [3.63, 3.8) is 0 Å². The van der Waals surface area contributed by atoms with E-state index in [1.807, 2.05) is 34.9 Å². The molecule has 1 N–H and O–H groups in total. The Morgan fingerprint density at radius 3 is 2.37 bits per heavy atom. The number of ether oxygens (including phenoxy) is 2. The number of nitrogens with one attached hydrogen (secondary N) is 1. The van der Waals surface area contributed by atoms with Crippen LogP contribution in [0, 0.1) is 0 Å². The average molecular weight is 529 g/mol. The van der Waals surface area contributed by atoms with Gasteiger partial charge in [-0.1, -0.05) is 65.3 Å². The normalized spacial score (nSPS) is 10.7. The van der Waals surface area contributed by atoms with E-state index in [1.165, 1.54) is 26.0 Å². The Balaban J connectivity index is 1.61. The van der Waals surface area contributed by atoms with Crippen LogP contribution in [0.2, 0.25) is 10.0 Å². The van der Waals surface area contributed by atoms with E-state index in [-0.39, 0.29) is 12.5 Å². The van der Waals surface area contributed by atoms with E-state index in [0.717, 1.165) is 5.56 Å². The minimum Gasteiger partial charge on any atom is -0.497 e. The van der Waals surface area contributed by atoms with Crippen molar-refractivity contribution in [2.75, 3.05) is 14.2 Å². The third-order valence-electron chi connectivity index (χ3n) is 5.08. The van der Waals surface area contributed by atoms with Crippen LogP contribution in [-0.2, 0) is 12.3 Å². The molecule has 0 saturated heterocycles. The zero-order valence-electron chi connectivity index (χ0n) is 19.0. The van der Waals surface area contributed by atoms with Gasteiger partial charge in [-0.2, -0.15) is 0 Å². The van der Waals surface area contributed by atoms with Gasteiger partial charge in [0.1, 0.15) is 11.5 Å². The Morgan fingerprint density at radius 2 is 1.69 bits per heavy atom. The van der Waals surface area contributed by atoms with Crippen molar-refractivity contribution in [2.45, 2.75) is 17.5 Å². The van der Waals surface area contributed by atoms with Crippen LogP contribution in [-0.4, -0.2) is 34.9 Å². The highest BCUT2D eigenvalue weighted by Gasteiger charge is 2.19. The first-order valence-corrected chi connectivity index (χ1v) is 12.3. The zero-order valence-corrected chi connectivity index (χ0v) is 21.3. The highest BCUT2D eigenvalue weighted by molar-refractivity contribution is 7.98. The van der Waals surface area contributed by atoms with E-state index in [2.05, 4.69) is 15.5 Å². The van der Waals surface area contributed by atoms with Crippen LogP contribution in [0.5, 0.6) is 11.5 Å². The fourth-order valence-electron chi connectivity index (χ4n) is 3.33. The Labute approximate surface area is 217 Å². The van der Waals surface area contributed by atoms with Gasteiger partial charge < -0.3 is 14.8 Å². The minimum atomic E-state index is -0.313. The van der Waals surface area contributed by atoms with Crippen molar-refractivity contribution in [1.29, 1.82) is 0 Å². The average Bonchev–Trinajstić information content (AvgIpc) is 3.30. The molecule has 0 unspecified atom stereocenters. The number of nitrogens with zero attached hydrogens (tertiary/aromatic N) is 3. The first kappa shape index (κ1) is 24.9. The third-order valence-corrected chi connectivity index (χ3v) is 6.64.